The largest absolute Gasteiger partial charge is 0.438 e. The van der Waals surface area contributed by atoms with Gasteiger partial charge in [0.05, 0.1) is 16.5 Å². The minimum Gasteiger partial charge on any atom is -0.438 e. The Hall–Kier alpha value is -6.97. The third-order valence-electron chi connectivity index (χ3n) is 10.1. The first-order chi connectivity index (χ1) is 25.8. The van der Waals surface area contributed by atoms with Crippen molar-refractivity contribution in [3.8, 4) is 33.4 Å². The highest BCUT2D eigenvalue weighted by molar-refractivity contribution is 6.21. The Morgan fingerprint density at radius 1 is 0.404 bits per heavy atom. The van der Waals surface area contributed by atoms with Crippen molar-refractivity contribution >= 4 is 60.7 Å². The maximum atomic E-state index is 6.42. The molecule has 8 aromatic carbocycles. The molecule has 0 radical (unpaired) electrons. The summed E-state index contributed by atoms with van der Waals surface area (Å²) in [6, 6.07) is 67.1. The average Bonchev–Trinajstić information content (AvgIpc) is 3.59. The van der Waals surface area contributed by atoms with E-state index in [-0.39, 0.29) is 0 Å². The van der Waals surface area contributed by atoms with Gasteiger partial charge in [0.15, 0.2) is 0 Å². The third-order valence-corrected chi connectivity index (χ3v) is 10.1. The molecule has 2 heterocycles. The molecule has 2 aromatic heterocycles. The monoisotopic (exact) mass is 664 g/mol. The smallest absolute Gasteiger partial charge is 0.227 e. The predicted octanol–water partition coefficient (Wildman–Crippen LogP) is 13.8. The molecule has 0 saturated carbocycles. The number of anilines is 3. The van der Waals surface area contributed by atoms with Gasteiger partial charge >= 0.3 is 0 Å². The third kappa shape index (κ3) is 5.02. The zero-order chi connectivity index (χ0) is 34.4. The maximum absolute atomic E-state index is 6.42. The van der Waals surface area contributed by atoms with Crippen LogP contribution in [0, 0.1) is 0 Å². The van der Waals surface area contributed by atoms with Crippen molar-refractivity contribution in [2.24, 2.45) is 0 Å². The highest BCUT2D eigenvalue weighted by Gasteiger charge is 2.23. The van der Waals surface area contributed by atoms with Crippen LogP contribution in [-0.2, 0) is 0 Å². The van der Waals surface area contributed by atoms with Crippen molar-refractivity contribution in [3.63, 3.8) is 0 Å². The van der Waals surface area contributed by atoms with Crippen LogP contribution in [0.25, 0.3) is 77.0 Å². The number of benzene rings is 8. The fourth-order valence-electron chi connectivity index (χ4n) is 7.69. The van der Waals surface area contributed by atoms with Crippen LogP contribution in [0.5, 0.6) is 0 Å². The summed E-state index contributed by atoms with van der Waals surface area (Å²) in [5.41, 5.74) is 11.8. The molecule has 0 amide bonds. The van der Waals surface area contributed by atoms with E-state index in [9.17, 15) is 0 Å². The second-order valence-electron chi connectivity index (χ2n) is 13.1. The van der Waals surface area contributed by atoms with Crippen molar-refractivity contribution in [3.05, 3.63) is 194 Å². The highest BCUT2D eigenvalue weighted by Crippen LogP contribution is 2.47. The molecule has 0 bridgehead atoms. The lowest BCUT2D eigenvalue weighted by Crippen LogP contribution is -2.11. The van der Waals surface area contributed by atoms with Gasteiger partial charge in [-0.25, -0.2) is 4.98 Å². The maximum Gasteiger partial charge on any atom is 0.227 e. The number of nitrogens with zero attached hydrogens (tertiary/aromatic N) is 2. The summed E-state index contributed by atoms with van der Waals surface area (Å²) in [5, 5.41) is 6.76. The van der Waals surface area contributed by atoms with Crippen LogP contribution in [0.2, 0.25) is 0 Å². The Morgan fingerprint density at radius 2 is 0.904 bits per heavy atom. The first-order valence-electron chi connectivity index (χ1n) is 17.6. The molecule has 3 heteroatoms. The normalized spacial score (nSPS) is 11.5. The number of hydrogen-bond acceptors (Lipinski definition) is 3. The molecule has 0 aliphatic rings. The summed E-state index contributed by atoms with van der Waals surface area (Å²) in [4.78, 5) is 6.99. The quantitative estimate of drug-likeness (QED) is 0.177. The molecule has 10 rings (SSSR count). The molecule has 0 aliphatic heterocycles. The second-order valence-corrected chi connectivity index (χ2v) is 13.1. The number of furan rings is 1. The second kappa shape index (κ2) is 12.4. The van der Waals surface area contributed by atoms with Crippen molar-refractivity contribution in [1.29, 1.82) is 0 Å². The van der Waals surface area contributed by atoms with Crippen molar-refractivity contribution in [1.82, 2.24) is 4.98 Å². The first-order valence-corrected chi connectivity index (χ1v) is 17.6. The van der Waals surface area contributed by atoms with Crippen LogP contribution in [-0.4, -0.2) is 4.98 Å². The van der Waals surface area contributed by atoms with E-state index >= 15 is 0 Å². The van der Waals surface area contributed by atoms with Crippen LogP contribution in [0.4, 0.5) is 17.1 Å². The minimum absolute atomic E-state index is 0.634. The van der Waals surface area contributed by atoms with Crippen LogP contribution >= 0.6 is 0 Å². The Bertz CT molecular complexity index is 2880. The lowest BCUT2D eigenvalue weighted by atomic mass is 9.92. The van der Waals surface area contributed by atoms with Gasteiger partial charge in [-0.3, -0.25) is 0 Å². The van der Waals surface area contributed by atoms with Gasteiger partial charge in [-0.15, -0.1) is 0 Å². The number of rotatable bonds is 6. The minimum atomic E-state index is 0.634. The molecular formula is C49H32N2O. The number of fused-ring (bicyclic) bond motifs is 5. The molecule has 0 N–H and O–H groups in total. The molecule has 0 aliphatic carbocycles. The topological polar surface area (TPSA) is 29.3 Å². The zero-order valence-corrected chi connectivity index (χ0v) is 28.3. The average molecular weight is 665 g/mol. The molecular weight excluding hydrogens is 633 g/mol. The molecule has 3 nitrogen and oxygen atoms in total. The van der Waals surface area contributed by atoms with E-state index in [4.69, 9.17) is 4.42 Å². The van der Waals surface area contributed by atoms with Gasteiger partial charge in [-0.2, -0.15) is 0 Å². The lowest BCUT2D eigenvalue weighted by molar-refractivity contribution is 0.654. The summed E-state index contributed by atoms with van der Waals surface area (Å²) in [6.07, 6.45) is 1.79. The van der Waals surface area contributed by atoms with E-state index < -0.39 is 0 Å². The lowest BCUT2D eigenvalue weighted by Gasteiger charge is -2.28. The van der Waals surface area contributed by atoms with Gasteiger partial charge in [-0.1, -0.05) is 146 Å². The fourth-order valence-corrected chi connectivity index (χ4v) is 7.69. The van der Waals surface area contributed by atoms with E-state index in [1.54, 1.807) is 6.20 Å². The molecule has 52 heavy (non-hydrogen) atoms. The fraction of sp³-hybridized carbons (Fsp3) is 0. The zero-order valence-electron chi connectivity index (χ0n) is 28.3. The van der Waals surface area contributed by atoms with E-state index in [2.05, 4.69) is 192 Å². The summed E-state index contributed by atoms with van der Waals surface area (Å²) < 4.78 is 6.42. The van der Waals surface area contributed by atoms with Gasteiger partial charge < -0.3 is 9.32 Å². The molecule has 0 fully saturated rings. The number of aromatic nitrogens is 1. The predicted molar refractivity (Wildman–Crippen MR) is 218 cm³/mol. The van der Waals surface area contributed by atoms with Gasteiger partial charge in [-0.05, 0) is 92.0 Å². The molecule has 0 atom stereocenters. The van der Waals surface area contributed by atoms with E-state index in [0.29, 0.717) is 5.71 Å². The van der Waals surface area contributed by atoms with Gasteiger partial charge in [0.25, 0.3) is 0 Å². The van der Waals surface area contributed by atoms with Crippen molar-refractivity contribution < 1.29 is 4.42 Å². The highest BCUT2D eigenvalue weighted by atomic mass is 16.3. The Balaban J connectivity index is 1.17. The SMILES string of the molecule is c1ccc(-c2ccc(N(c3ccc(-c4ccc(-c5ccccc5)c5ccccc45)cc3)c3c4ccccc4cc4oc5ncccc5c34)cc2)cc1. The molecule has 244 valence electrons. The van der Waals surface area contributed by atoms with Crippen LogP contribution in [0.15, 0.2) is 199 Å². The summed E-state index contributed by atoms with van der Waals surface area (Å²) in [7, 11) is 0. The van der Waals surface area contributed by atoms with Gasteiger partial charge in [0.2, 0.25) is 5.71 Å². The molecule has 10 aromatic rings. The molecule has 0 spiro atoms. The number of hydrogen-bond donors (Lipinski definition) is 0. The summed E-state index contributed by atoms with van der Waals surface area (Å²) in [6.45, 7) is 0. The molecule has 0 unspecified atom stereocenters. The first kappa shape index (κ1) is 29.9. The Kier molecular flexibility index (Phi) is 7.14. The Labute approximate surface area is 301 Å². The van der Waals surface area contributed by atoms with Crippen molar-refractivity contribution in [2.45, 2.75) is 0 Å². The summed E-state index contributed by atoms with van der Waals surface area (Å²) >= 11 is 0. The van der Waals surface area contributed by atoms with E-state index in [1.165, 1.54) is 44.2 Å². The standard InChI is InChI=1S/C49H32N2O/c1-3-12-33(13-4-1)34-21-25-38(26-22-34)51(48-42-17-8-7-16-37(42)32-46-47(48)45-20-11-31-50-49(45)52-46)39-27-23-36(24-28-39)41-30-29-40(35-14-5-2-6-15-35)43-18-9-10-19-44(41)43/h1-32H. The number of pyridine rings is 1. The van der Waals surface area contributed by atoms with Crippen molar-refractivity contribution in [2.75, 3.05) is 4.90 Å². The summed E-state index contributed by atoms with van der Waals surface area (Å²) in [5.74, 6) is 0. The van der Waals surface area contributed by atoms with Gasteiger partial charge in [0, 0.05) is 23.0 Å². The molecule has 0 saturated heterocycles. The van der Waals surface area contributed by atoms with Crippen LogP contribution in [0.3, 0.4) is 0 Å². The van der Waals surface area contributed by atoms with E-state index in [0.717, 1.165) is 44.2 Å². The van der Waals surface area contributed by atoms with Crippen LogP contribution < -0.4 is 4.90 Å². The van der Waals surface area contributed by atoms with E-state index in [1.807, 2.05) is 6.07 Å². The van der Waals surface area contributed by atoms with Gasteiger partial charge in [0.1, 0.15) is 5.58 Å². The Morgan fingerprint density at radius 3 is 1.56 bits per heavy atom. The van der Waals surface area contributed by atoms with Crippen LogP contribution in [0.1, 0.15) is 0 Å².